The Balaban J connectivity index is 2.65. The molecule has 5 heteroatoms. The summed E-state index contributed by atoms with van der Waals surface area (Å²) in [5, 5.41) is 0.255. The molecule has 0 unspecified atom stereocenters. The molecule has 0 atom stereocenters. The average molecular weight is 245 g/mol. The normalized spacial score (nSPS) is 12.4. The maximum absolute atomic E-state index is 12.5. The molecule has 2 aromatic carbocycles. The number of halogens is 5. The number of rotatable bonds is 1. The van der Waals surface area contributed by atoms with Gasteiger partial charge in [-0.25, -0.2) is 0 Å². The van der Waals surface area contributed by atoms with E-state index in [2.05, 4.69) is 0 Å². The van der Waals surface area contributed by atoms with E-state index >= 15 is 0 Å². The molecular formula is C12H6F5. The van der Waals surface area contributed by atoms with Crippen molar-refractivity contribution in [2.45, 2.75) is 6.18 Å². The van der Waals surface area contributed by atoms with E-state index in [4.69, 9.17) is 0 Å². The molecule has 1 radical (unpaired) electrons. The van der Waals surface area contributed by atoms with Crippen LogP contribution in [0.15, 0.2) is 36.4 Å². The molecule has 2 aromatic rings. The fourth-order valence-electron chi connectivity index (χ4n) is 1.62. The van der Waals surface area contributed by atoms with Gasteiger partial charge >= 0.3 is 12.6 Å². The highest BCUT2D eigenvalue weighted by molar-refractivity contribution is 5.87. The highest BCUT2D eigenvalue weighted by Gasteiger charge is 2.30. The van der Waals surface area contributed by atoms with Crippen LogP contribution in [0.1, 0.15) is 11.1 Å². The van der Waals surface area contributed by atoms with Gasteiger partial charge in [-0.2, -0.15) is 22.0 Å². The average Bonchev–Trinajstić information content (AvgIpc) is 2.26. The minimum atomic E-state index is -4.47. The molecule has 0 spiro atoms. The van der Waals surface area contributed by atoms with Crippen molar-refractivity contribution < 1.29 is 22.0 Å². The molecule has 0 aromatic heterocycles. The lowest BCUT2D eigenvalue weighted by Gasteiger charge is -2.09. The summed E-state index contributed by atoms with van der Waals surface area (Å²) in [6.45, 7) is 0. The molecule has 0 saturated heterocycles. The van der Waals surface area contributed by atoms with E-state index in [1.165, 1.54) is 18.2 Å². The number of benzene rings is 2. The molecule has 89 valence electrons. The lowest BCUT2D eigenvalue weighted by Crippen LogP contribution is -2.04. The second-order valence-electron chi connectivity index (χ2n) is 3.50. The maximum Gasteiger partial charge on any atom is 0.416 e. The van der Waals surface area contributed by atoms with Gasteiger partial charge in [-0.3, -0.25) is 0 Å². The van der Waals surface area contributed by atoms with Crippen LogP contribution in [0.3, 0.4) is 0 Å². The Morgan fingerprint density at radius 3 is 2.24 bits per heavy atom. The number of alkyl halides is 3. The van der Waals surface area contributed by atoms with Crippen LogP contribution in [0.5, 0.6) is 0 Å². The second kappa shape index (κ2) is 3.98. The van der Waals surface area contributed by atoms with E-state index < -0.39 is 18.2 Å². The SMILES string of the molecule is F[C](F)c1cccc2cc(C(F)(F)F)ccc12. The van der Waals surface area contributed by atoms with Crippen molar-refractivity contribution >= 4 is 10.8 Å². The van der Waals surface area contributed by atoms with Gasteiger partial charge in [0.05, 0.1) is 5.56 Å². The Morgan fingerprint density at radius 2 is 1.65 bits per heavy atom. The zero-order valence-corrected chi connectivity index (χ0v) is 8.35. The Morgan fingerprint density at radius 1 is 0.941 bits per heavy atom. The second-order valence-corrected chi connectivity index (χ2v) is 3.50. The summed E-state index contributed by atoms with van der Waals surface area (Å²) in [5.74, 6) is 0. The van der Waals surface area contributed by atoms with Gasteiger partial charge in [0, 0.05) is 5.56 Å². The van der Waals surface area contributed by atoms with E-state index in [1.807, 2.05) is 0 Å². The highest BCUT2D eigenvalue weighted by Crippen LogP contribution is 2.33. The smallest absolute Gasteiger partial charge is 0.194 e. The zero-order chi connectivity index (χ0) is 12.6. The molecule has 0 aliphatic carbocycles. The lowest BCUT2D eigenvalue weighted by molar-refractivity contribution is -0.137. The van der Waals surface area contributed by atoms with Gasteiger partial charge in [0.15, 0.2) is 0 Å². The molecule has 0 heterocycles. The van der Waals surface area contributed by atoms with Gasteiger partial charge in [0.2, 0.25) is 0 Å². The summed E-state index contributed by atoms with van der Waals surface area (Å²) in [7, 11) is 0. The van der Waals surface area contributed by atoms with E-state index in [9.17, 15) is 22.0 Å². The fourth-order valence-corrected chi connectivity index (χ4v) is 1.62. The van der Waals surface area contributed by atoms with E-state index in [0.29, 0.717) is 0 Å². The van der Waals surface area contributed by atoms with Crippen LogP contribution in [0.25, 0.3) is 10.8 Å². The van der Waals surface area contributed by atoms with Crippen molar-refractivity contribution in [3.8, 4) is 0 Å². The first-order chi connectivity index (χ1) is 7.89. The number of hydrogen-bond acceptors (Lipinski definition) is 0. The molecule has 0 bridgehead atoms. The van der Waals surface area contributed by atoms with Crippen molar-refractivity contribution in [1.82, 2.24) is 0 Å². The number of fused-ring (bicyclic) bond motifs is 1. The van der Waals surface area contributed by atoms with Crippen LogP contribution in [0, 0.1) is 6.43 Å². The molecule has 0 aliphatic rings. The van der Waals surface area contributed by atoms with E-state index in [1.54, 1.807) is 0 Å². The molecule has 0 amide bonds. The van der Waals surface area contributed by atoms with Crippen LogP contribution in [0.4, 0.5) is 22.0 Å². The van der Waals surface area contributed by atoms with Crippen LogP contribution < -0.4 is 0 Å². The van der Waals surface area contributed by atoms with E-state index in [0.717, 1.165) is 18.2 Å². The van der Waals surface area contributed by atoms with Gasteiger partial charge in [-0.1, -0.05) is 24.3 Å². The molecule has 0 saturated carbocycles. The van der Waals surface area contributed by atoms with Gasteiger partial charge in [0.1, 0.15) is 0 Å². The predicted molar refractivity (Wildman–Crippen MR) is 53.5 cm³/mol. The Kier molecular flexibility index (Phi) is 2.77. The topological polar surface area (TPSA) is 0 Å². The minimum Gasteiger partial charge on any atom is -0.194 e. The first kappa shape index (κ1) is 11.8. The fraction of sp³-hybridized carbons (Fsp3) is 0.0833. The third-order valence-corrected chi connectivity index (χ3v) is 2.41. The van der Waals surface area contributed by atoms with Crippen LogP contribution in [0.2, 0.25) is 0 Å². The minimum absolute atomic E-state index is 0.112. The summed E-state index contributed by atoms with van der Waals surface area (Å²) in [5.41, 5.74) is -1.18. The highest BCUT2D eigenvalue weighted by atomic mass is 19.4. The summed E-state index contributed by atoms with van der Waals surface area (Å²) in [4.78, 5) is 0. The maximum atomic E-state index is 12.5. The first-order valence-electron chi connectivity index (χ1n) is 4.68. The Hall–Kier alpha value is -1.65. The predicted octanol–water partition coefficient (Wildman–Crippen LogP) is 4.64. The zero-order valence-electron chi connectivity index (χ0n) is 8.35. The van der Waals surface area contributed by atoms with Gasteiger partial charge < -0.3 is 0 Å². The van der Waals surface area contributed by atoms with E-state index in [-0.39, 0.29) is 16.3 Å². The molecule has 17 heavy (non-hydrogen) atoms. The molecular weight excluding hydrogens is 239 g/mol. The van der Waals surface area contributed by atoms with Crippen molar-refractivity contribution in [1.29, 1.82) is 0 Å². The van der Waals surface area contributed by atoms with Gasteiger partial charge in [-0.05, 0) is 22.9 Å². The standard InChI is InChI=1S/C12H6F5/c13-11(14)10-3-1-2-7-6-8(12(15,16)17)4-5-9(7)10/h1-6H. The third kappa shape index (κ3) is 2.23. The van der Waals surface area contributed by atoms with Crippen LogP contribution in [-0.2, 0) is 6.18 Å². The summed E-state index contributed by atoms with van der Waals surface area (Å²) in [6.07, 6.45) is -6.38. The Bertz CT molecular complexity index is 542. The largest absolute Gasteiger partial charge is 0.416 e. The quantitative estimate of drug-likeness (QED) is 0.642. The molecule has 0 nitrogen and oxygen atoms in total. The van der Waals surface area contributed by atoms with Crippen molar-refractivity contribution in [3.63, 3.8) is 0 Å². The van der Waals surface area contributed by atoms with Crippen LogP contribution in [-0.4, -0.2) is 0 Å². The summed E-state index contributed by atoms with van der Waals surface area (Å²) >= 11 is 0. The molecule has 0 N–H and O–H groups in total. The molecule has 0 aliphatic heterocycles. The lowest BCUT2D eigenvalue weighted by atomic mass is 10.0. The summed E-state index contributed by atoms with van der Waals surface area (Å²) in [6, 6.07) is 6.57. The number of hydrogen-bond donors (Lipinski definition) is 0. The molecule has 0 fully saturated rings. The van der Waals surface area contributed by atoms with Crippen LogP contribution >= 0.6 is 0 Å². The molecule has 2 rings (SSSR count). The monoisotopic (exact) mass is 245 g/mol. The third-order valence-electron chi connectivity index (χ3n) is 2.41. The van der Waals surface area contributed by atoms with Gasteiger partial charge in [0.25, 0.3) is 0 Å². The summed E-state index contributed by atoms with van der Waals surface area (Å²) < 4.78 is 62.3. The first-order valence-corrected chi connectivity index (χ1v) is 4.68. The Labute approximate surface area is 93.7 Å². The van der Waals surface area contributed by atoms with Gasteiger partial charge in [-0.15, -0.1) is 0 Å². The van der Waals surface area contributed by atoms with Crippen molar-refractivity contribution in [2.24, 2.45) is 0 Å². The van der Waals surface area contributed by atoms with Crippen molar-refractivity contribution in [2.75, 3.05) is 0 Å². The van der Waals surface area contributed by atoms with Crippen molar-refractivity contribution in [3.05, 3.63) is 54.0 Å².